The van der Waals surface area contributed by atoms with Gasteiger partial charge < -0.3 is 10.1 Å². The summed E-state index contributed by atoms with van der Waals surface area (Å²) < 4.78 is 5.34. The van der Waals surface area contributed by atoms with Crippen LogP contribution in [0.5, 0.6) is 0 Å². The molecular weight excluding hydrogens is 198 g/mol. The van der Waals surface area contributed by atoms with Gasteiger partial charge in [0.2, 0.25) is 0 Å². The summed E-state index contributed by atoms with van der Waals surface area (Å²) in [5.74, 6) is 0.733. The van der Waals surface area contributed by atoms with Crippen molar-refractivity contribution in [1.29, 1.82) is 0 Å². The zero-order chi connectivity index (χ0) is 11.0. The highest BCUT2D eigenvalue weighted by atomic mass is 16.5. The van der Waals surface area contributed by atoms with Crippen LogP contribution < -0.4 is 5.32 Å². The van der Waals surface area contributed by atoms with Gasteiger partial charge >= 0.3 is 0 Å². The number of nitrogens with one attached hydrogen (secondary N) is 1. The van der Waals surface area contributed by atoms with Crippen LogP contribution in [-0.4, -0.2) is 19.8 Å². The van der Waals surface area contributed by atoms with E-state index in [1.165, 1.54) is 36.0 Å². The molecule has 1 N–H and O–H groups in total. The van der Waals surface area contributed by atoms with Gasteiger partial charge in [-0.2, -0.15) is 0 Å². The van der Waals surface area contributed by atoms with Gasteiger partial charge in [0, 0.05) is 13.7 Å². The Hall–Kier alpha value is -0.860. The number of ether oxygens (including phenoxy) is 1. The zero-order valence-corrected chi connectivity index (χ0v) is 9.83. The number of benzene rings is 1. The monoisotopic (exact) mass is 217 g/mol. The predicted molar refractivity (Wildman–Crippen MR) is 64.6 cm³/mol. The lowest BCUT2D eigenvalue weighted by Gasteiger charge is -2.35. The molecule has 1 saturated carbocycles. The third-order valence-electron chi connectivity index (χ3n) is 4.02. The van der Waals surface area contributed by atoms with E-state index in [4.69, 9.17) is 4.74 Å². The van der Waals surface area contributed by atoms with Gasteiger partial charge in [-0.25, -0.2) is 0 Å². The first-order chi connectivity index (χ1) is 7.86. The topological polar surface area (TPSA) is 21.3 Å². The molecule has 2 aliphatic rings. The first-order valence-corrected chi connectivity index (χ1v) is 6.22. The molecule has 16 heavy (non-hydrogen) atoms. The average Bonchev–Trinajstić information content (AvgIpc) is 2.27. The third-order valence-corrected chi connectivity index (χ3v) is 4.02. The van der Waals surface area contributed by atoms with Crippen LogP contribution in [0.4, 0.5) is 0 Å². The highest BCUT2D eigenvalue weighted by Crippen LogP contribution is 2.39. The zero-order valence-electron chi connectivity index (χ0n) is 9.83. The Morgan fingerprint density at radius 1 is 1.25 bits per heavy atom. The number of fused-ring (bicyclic) bond motifs is 1. The molecule has 1 aromatic rings. The van der Waals surface area contributed by atoms with Crippen molar-refractivity contribution in [3.05, 3.63) is 34.9 Å². The Balaban J connectivity index is 1.76. The highest BCUT2D eigenvalue weighted by molar-refractivity contribution is 5.36. The van der Waals surface area contributed by atoms with Crippen molar-refractivity contribution in [1.82, 2.24) is 5.32 Å². The molecule has 86 valence electrons. The molecule has 0 atom stereocenters. The maximum absolute atomic E-state index is 5.34. The maximum Gasteiger partial charge on any atom is 0.0583 e. The van der Waals surface area contributed by atoms with Crippen LogP contribution in [0.15, 0.2) is 18.2 Å². The van der Waals surface area contributed by atoms with Crippen molar-refractivity contribution < 1.29 is 4.74 Å². The molecule has 0 bridgehead atoms. The van der Waals surface area contributed by atoms with Crippen molar-refractivity contribution in [3.63, 3.8) is 0 Å². The fourth-order valence-corrected chi connectivity index (χ4v) is 2.78. The summed E-state index contributed by atoms with van der Waals surface area (Å²) in [6, 6.07) is 7.05. The lowest BCUT2D eigenvalue weighted by molar-refractivity contribution is 0.0257. The van der Waals surface area contributed by atoms with Gasteiger partial charge in [0.25, 0.3) is 0 Å². The van der Waals surface area contributed by atoms with Gasteiger partial charge in [-0.15, -0.1) is 0 Å². The smallest absolute Gasteiger partial charge is 0.0583 e. The summed E-state index contributed by atoms with van der Waals surface area (Å²) in [4.78, 5) is 0. The number of hydrogen-bond acceptors (Lipinski definition) is 2. The molecule has 2 nitrogen and oxygen atoms in total. The lowest BCUT2D eigenvalue weighted by atomic mass is 9.76. The highest BCUT2D eigenvalue weighted by Gasteiger charge is 2.30. The Bertz CT molecular complexity index is 382. The minimum absolute atomic E-state index is 0.499. The molecule has 2 heteroatoms. The quantitative estimate of drug-likeness (QED) is 0.820. The SMILES string of the molecule is COC1CC(c2ccc3c(c2)CNCC3)C1. The molecule has 1 aliphatic carbocycles. The molecule has 1 fully saturated rings. The Morgan fingerprint density at radius 3 is 2.94 bits per heavy atom. The predicted octanol–water partition coefficient (Wildman–Crippen LogP) is 2.22. The molecule has 3 rings (SSSR count). The molecule has 0 radical (unpaired) electrons. The van der Waals surface area contributed by atoms with E-state index in [2.05, 4.69) is 23.5 Å². The molecule has 0 aromatic heterocycles. The fraction of sp³-hybridized carbons (Fsp3) is 0.571. The molecule has 1 heterocycles. The van der Waals surface area contributed by atoms with Crippen LogP contribution in [0, 0.1) is 0 Å². The normalized spacial score (nSPS) is 28.3. The van der Waals surface area contributed by atoms with E-state index in [-0.39, 0.29) is 0 Å². The minimum Gasteiger partial charge on any atom is -0.381 e. The molecule has 1 aromatic carbocycles. The van der Waals surface area contributed by atoms with E-state index < -0.39 is 0 Å². The van der Waals surface area contributed by atoms with Crippen molar-refractivity contribution >= 4 is 0 Å². The van der Waals surface area contributed by atoms with Gasteiger partial charge in [-0.1, -0.05) is 18.2 Å². The van der Waals surface area contributed by atoms with E-state index in [0.29, 0.717) is 6.10 Å². The molecule has 0 unspecified atom stereocenters. The van der Waals surface area contributed by atoms with Gasteiger partial charge in [-0.3, -0.25) is 0 Å². The average molecular weight is 217 g/mol. The van der Waals surface area contributed by atoms with Crippen LogP contribution in [0.2, 0.25) is 0 Å². The molecule has 0 amide bonds. The molecular formula is C14H19NO. The number of rotatable bonds is 2. The van der Waals surface area contributed by atoms with Crippen molar-refractivity contribution in [2.75, 3.05) is 13.7 Å². The summed E-state index contributed by atoms with van der Waals surface area (Å²) in [6.45, 7) is 2.17. The second kappa shape index (κ2) is 4.19. The van der Waals surface area contributed by atoms with Crippen molar-refractivity contribution in [3.8, 4) is 0 Å². The summed E-state index contributed by atoms with van der Waals surface area (Å²) in [6.07, 6.45) is 4.08. The van der Waals surface area contributed by atoms with E-state index in [1.807, 2.05) is 7.11 Å². The maximum atomic E-state index is 5.34. The van der Waals surface area contributed by atoms with Gasteiger partial charge in [-0.05, 0) is 48.4 Å². The summed E-state index contributed by atoms with van der Waals surface area (Å²) in [5, 5.41) is 3.44. The van der Waals surface area contributed by atoms with E-state index in [1.54, 1.807) is 0 Å². The second-order valence-corrected chi connectivity index (χ2v) is 4.98. The Kier molecular flexibility index (Phi) is 2.70. The van der Waals surface area contributed by atoms with Crippen LogP contribution in [0.3, 0.4) is 0 Å². The van der Waals surface area contributed by atoms with Gasteiger partial charge in [0.1, 0.15) is 0 Å². The fourth-order valence-electron chi connectivity index (χ4n) is 2.78. The Labute approximate surface area is 97.0 Å². The number of methoxy groups -OCH3 is 1. The molecule has 0 spiro atoms. The van der Waals surface area contributed by atoms with Crippen LogP contribution in [0.25, 0.3) is 0 Å². The largest absolute Gasteiger partial charge is 0.381 e. The summed E-state index contributed by atoms with van der Waals surface area (Å²) in [7, 11) is 1.82. The first kappa shape index (κ1) is 10.3. The van der Waals surface area contributed by atoms with Gasteiger partial charge in [0.05, 0.1) is 6.10 Å². The van der Waals surface area contributed by atoms with Crippen molar-refractivity contribution in [2.45, 2.75) is 37.8 Å². The summed E-state index contributed by atoms with van der Waals surface area (Å²) in [5.41, 5.74) is 4.55. The van der Waals surface area contributed by atoms with Gasteiger partial charge in [0.15, 0.2) is 0 Å². The lowest BCUT2D eigenvalue weighted by Crippen LogP contribution is -2.29. The van der Waals surface area contributed by atoms with E-state index >= 15 is 0 Å². The van der Waals surface area contributed by atoms with Crippen LogP contribution in [0.1, 0.15) is 35.4 Å². The van der Waals surface area contributed by atoms with Crippen LogP contribution >= 0.6 is 0 Å². The number of hydrogen-bond donors (Lipinski definition) is 1. The van der Waals surface area contributed by atoms with E-state index in [9.17, 15) is 0 Å². The second-order valence-electron chi connectivity index (χ2n) is 4.98. The third kappa shape index (κ3) is 1.76. The molecule has 1 aliphatic heterocycles. The standard InChI is InChI=1S/C14H19NO/c1-16-14-7-12(8-14)11-3-2-10-4-5-15-9-13(10)6-11/h2-3,6,12,14-15H,4-5,7-9H2,1H3. The van der Waals surface area contributed by atoms with E-state index in [0.717, 1.165) is 19.0 Å². The minimum atomic E-state index is 0.499. The van der Waals surface area contributed by atoms with Crippen LogP contribution in [-0.2, 0) is 17.7 Å². The summed E-state index contributed by atoms with van der Waals surface area (Å²) >= 11 is 0. The molecule has 0 saturated heterocycles. The Morgan fingerprint density at radius 2 is 2.12 bits per heavy atom. The first-order valence-electron chi connectivity index (χ1n) is 6.22. The van der Waals surface area contributed by atoms with Crippen molar-refractivity contribution in [2.24, 2.45) is 0 Å².